The third-order valence-corrected chi connectivity index (χ3v) is 3.71. The lowest BCUT2D eigenvalue weighted by molar-refractivity contribution is -0.885. The molecule has 0 saturated heterocycles. The molecule has 2 atom stereocenters. The number of benzene rings is 1. The van der Waals surface area contributed by atoms with Crippen molar-refractivity contribution in [1.82, 2.24) is 10.6 Å². The summed E-state index contributed by atoms with van der Waals surface area (Å²) in [6, 6.07) is 3.70. The molecule has 0 radical (unpaired) electrons. The van der Waals surface area contributed by atoms with Crippen molar-refractivity contribution in [2.24, 2.45) is 0 Å². The number of likely N-dealkylation sites (N-methyl/N-ethyl adjacent to an activating group) is 1. The van der Waals surface area contributed by atoms with E-state index in [0.29, 0.717) is 21.4 Å². The third kappa shape index (κ3) is 5.71. The minimum absolute atomic E-state index is 0.0258. The molecule has 0 heterocycles. The predicted molar refractivity (Wildman–Crippen MR) is 90.4 cm³/mol. The van der Waals surface area contributed by atoms with Crippen molar-refractivity contribution < 1.29 is 24.0 Å². The van der Waals surface area contributed by atoms with Crippen LogP contribution in [-0.4, -0.2) is 51.6 Å². The molecule has 132 valence electrons. The molecule has 4 N–H and O–H groups in total. The maximum absolute atomic E-state index is 12.2. The molecule has 1 aromatic rings. The normalized spacial score (nSPS) is 12.7. The van der Waals surface area contributed by atoms with Crippen molar-refractivity contribution in [1.29, 1.82) is 0 Å². The van der Waals surface area contributed by atoms with Crippen molar-refractivity contribution in [3.63, 3.8) is 0 Å². The van der Waals surface area contributed by atoms with Crippen LogP contribution in [0.3, 0.4) is 0 Å². The molecule has 24 heavy (non-hydrogen) atoms. The molecule has 0 spiro atoms. The number of anilines is 1. The van der Waals surface area contributed by atoms with Crippen LogP contribution in [0.25, 0.3) is 0 Å². The van der Waals surface area contributed by atoms with E-state index in [2.05, 4.69) is 16.0 Å². The average Bonchev–Trinajstić information content (AvgIpc) is 2.53. The van der Waals surface area contributed by atoms with Gasteiger partial charge in [-0.3, -0.25) is 14.9 Å². The van der Waals surface area contributed by atoms with Crippen LogP contribution in [0.15, 0.2) is 18.2 Å². The molecule has 1 unspecified atom stereocenters. The second-order valence-corrected chi connectivity index (χ2v) is 5.64. The van der Waals surface area contributed by atoms with Gasteiger partial charge < -0.3 is 20.3 Å². The molecule has 1 aromatic carbocycles. The Morgan fingerprint density at radius 1 is 1.33 bits per heavy atom. The number of urea groups is 1. The number of methoxy groups -OCH3 is 1. The summed E-state index contributed by atoms with van der Waals surface area (Å²) in [5, 5.41) is 7.64. The number of nitrogens with one attached hydrogen (secondary N) is 4. The molecule has 0 fully saturated rings. The predicted octanol–water partition coefficient (Wildman–Crippen LogP) is -0.354. The van der Waals surface area contributed by atoms with Gasteiger partial charge in [-0.2, -0.15) is 0 Å². The zero-order chi connectivity index (χ0) is 18.3. The summed E-state index contributed by atoms with van der Waals surface area (Å²) in [7, 11) is 4.58. The van der Waals surface area contributed by atoms with Crippen LogP contribution in [0.2, 0.25) is 5.02 Å². The highest BCUT2D eigenvalue weighted by Crippen LogP contribution is 2.27. The number of carbonyl (C=O) groups excluding carboxylic acids is 3. The minimum Gasteiger partial charge on any atom is -0.495 e. The lowest BCUT2D eigenvalue weighted by Gasteiger charge is -2.20. The standard InChI is InChI=1S/C15H21ClN4O4/c1-9(14(22)19-15(23)17-2)20(3)8-13(21)18-11-7-10(16)5-6-12(11)24-4/h5-7,9H,8H2,1-4H3,(H,18,21)(H2,17,19,22,23)/p+1/t9-/m1/s1. The van der Waals surface area contributed by atoms with Crippen molar-refractivity contribution in [3.05, 3.63) is 23.2 Å². The molecular formula is C15H22ClN4O4+. The molecule has 1 rings (SSSR count). The van der Waals surface area contributed by atoms with Gasteiger partial charge >= 0.3 is 6.03 Å². The number of hydrogen-bond donors (Lipinski definition) is 4. The molecule has 0 aromatic heterocycles. The fourth-order valence-electron chi connectivity index (χ4n) is 1.89. The van der Waals surface area contributed by atoms with Crippen LogP contribution < -0.4 is 25.6 Å². The van der Waals surface area contributed by atoms with E-state index in [1.165, 1.54) is 14.2 Å². The van der Waals surface area contributed by atoms with E-state index in [0.717, 1.165) is 0 Å². The van der Waals surface area contributed by atoms with Crippen molar-refractivity contribution in [2.45, 2.75) is 13.0 Å². The van der Waals surface area contributed by atoms with Crippen molar-refractivity contribution in [3.8, 4) is 5.75 Å². The molecule has 0 saturated carbocycles. The van der Waals surface area contributed by atoms with E-state index in [1.807, 2.05) is 0 Å². The monoisotopic (exact) mass is 357 g/mol. The maximum atomic E-state index is 12.2. The Morgan fingerprint density at radius 3 is 2.58 bits per heavy atom. The molecule has 0 aliphatic heterocycles. The summed E-state index contributed by atoms with van der Waals surface area (Å²) in [4.78, 5) is 35.8. The van der Waals surface area contributed by atoms with Crippen LogP contribution in [0.4, 0.5) is 10.5 Å². The van der Waals surface area contributed by atoms with Crippen LogP contribution in [0.1, 0.15) is 6.92 Å². The van der Waals surface area contributed by atoms with Crippen molar-refractivity contribution in [2.75, 3.05) is 33.1 Å². The third-order valence-electron chi connectivity index (χ3n) is 3.47. The first kappa shape index (κ1) is 19.7. The Bertz CT molecular complexity index is 623. The van der Waals surface area contributed by atoms with Gasteiger partial charge in [0.25, 0.3) is 11.8 Å². The molecular weight excluding hydrogens is 336 g/mol. The molecule has 0 bridgehead atoms. The summed E-state index contributed by atoms with van der Waals surface area (Å²) in [5.74, 6) is -0.302. The number of ether oxygens (including phenoxy) is 1. The first-order valence-electron chi connectivity index (χ1n) is 7.26. The second kappa shape index (κ2) is 9.09. The lowest BCUT2D eigenvalue weighted by Crippen LogP contribution is -3.15. The summed E-state index contributed by atoms with van der Waals surface area (Å²) >= 11 is 5.91. The van der Waals surface area contributed by atoms with E-state index in [9.17, 15) is 14.4 Å². The van der Waals surface area contributed by atoms with Gasteiger partial charge in [-0.15, -0.1) is 0 Å². The minimum atomic E-state index is -0.590. The number of rotatable bonds is 6. The van der Waals surface area contributed by atoms with Crippen LogP contribution in [-0.2, 0) is 9.59 Å². The van der Waals surface area contributed by atoms with Gasteiger partial charge in [-0.05, 0) is 25.1 Å². The summed E-state index contributed by atoms with van der Waals surface area (Å²) in [6.07, 6.45) is 0. The fraction of sp³-hybridized carbons (Fsp3) is 0.400. The summed E-state index contributed by atoms with van der Waals surface area (Å²) in [6.45, 7) is 1.65. The molecule has 8 nitrogen and oxygen atoms in total. The number of carbonyl (C=O) groups is 3. The van der Waals surface area contributed by atoms with Gasteiger partial charge in [0.05, 0.1) is 19.8 Å². The van der Waals surface area contributed by atoms with Gasteiger partial charge in [0.1, 0.15) is 5.75 Å². The number of quaternary nitrogens is 1. The van der Waals surface area contributed by atoms with Crippen LogP contribution >= 0.6 is 11.6 Å². The SMILES string of the molecule is CNC(=O)NC(=O)[C@@H](C)[NH+](C)CC(=O)Nc1cc(Cl)ccc1OC. The summed E-state index contributed by atoms with van der Waals surface area (Å²) in [5.41, 5.74) is 0.449. The topological polar surface area (TPSA) is 101 Å². The fourth-order valence-corrected chi connectivity index (χ4v) is 2.06. The first-order chi connectivity index (χ1) is 11.3. The van der Waals surface area contributed by atoms with E-state index in [1.54, 1.807) is 32.2 Å². The molecule has 4 amide bonds. The smallest absolute Gasteiger partial charge is 0.321 e. The quantitative estimate of drug-likeness (QED) is 0.559. The Morgan fingerprint density at radius 2 is 2.00 bits per heavy atom. The Hall–Kier alpha value is -2.32. The molecule has 0 aliphatic rings. The highest BCUT2D eigenvalue weighted by Gasteiger charge is 2.25. The van der Waals surface area contributed by atoms with E-state index in [-0.39, 0.29) is 12.5 Å². The zero-order valence-electron chi connectivity index (χ0n) is 14.0. The highest BCUT2D eigenvalue weighted by molar-refractivity contribution is 6.31. The lowest BCUT2D eigenvalue weighted by atomic mass is 10.2. The van der Waals surface area contributed by atoms with Gasteiger partial charge in [0, 0.05) is 12.1 Å². The van der Waals surface area contributed by atoms with Crippen LogP contribution in [0, 0.1) is 0 Å². The van der Waals surface area contributed by atoms with Gasteiger partial charge in [0.2, 0.25) is 0 Å². The van der Waals surface area contributed by atoms with Gasteiger partial charge in [-0.1, -0.05) is 11.6 Å². The van der Waals surface area contributed by atoms with E-state index in [4.69, 9.17) is 16.3 Å². The summed E-state index contributed by atoms with van der Waals surface area (Å²) < 4.78 is 5.16. The number of halogens is 1. The number of amides is 4. The molecule has 0 aliphatic carbocycles. The maximum Gasteiger partial charge on any atom is 0.321 e. The zero-order valence-corrected chi connectivity index (χ0v) is 14.8. The number of hydrogen-bond acceptors (Lipinski definition) is 4. The Labute approximate surface area is 145 Å². The van der Waals surface area contributed by atoms with Gasteiger partial charge in [-0.25, -0.2) is 4.79 Å². The van der Waals surface area contributed by atoms with E-state index < -0.39 is 18.0 Å². The Balaban J connectivity index is 2.65. The van der Waals surface area contributed by atoms with Crippen LogP contribution in [0.5, 0.6) is 5.75 Å². The van der Waals surface area contributed by atoms with E-state index >= 15 is 0 Å². The second-order valence-electron chi connectivity index (χ2n) is 5.21. The first-order valence-corrected chi connectivity index (χ1v) is 7.64. The largest absolute Gasteiger partial charge is 0.495 e. The Kier molecular flexibility index (Phi) is 7.47. The molecule has 9 heteroatoms. The number of imide groups is 1. The van der Waals surface area contributed by atoms with Gasteiger partial charge in [0.15, 0.2) is 12.6 Å². The average molecular weight is 358 g/mol. The van der Waals surface area contributed by atoms with Crippen molar-refractivity contribution >= 4 is 35.1 Å². The highest BCUT2D eigenvalue weighted by atomic mass is 35.5.